The van der Waals surface area contributed by atoms with E-state index in [1.54, 1.807) is 43.5 Å². The molecular formula is C30H28N4O5. The summed E-state index contributed by atoms with van der Waals surface area (Å²) in [5.41, 5.74) is 9.19. The zero-order valence-electron chi connectivity index (χ0n) is 21.8. The van der Waals surface area contributed by atoms with Gasteiger partial charge in [0.15, 0.2) is 0 Å². The molecule has 9 nitrogen and oxygen atoms in total. The number of nitrogens with two attached hydrogens (primary N) is 1. The van der Waals surface area contributed by atoms with Gasteiger partial charge in [-0.1, -0.05) is 54.6 Å². The van der Waals surface area contributed by atoms with Gasteiger partial charge >= 0.3 is 11.9 Å². The number of anilines is 2. The summed E-state index contributed by atoms with van der Waals surface area (Å²) in [5.74, 6) is -1.78. The van der Waals surface area contributed by atoms with E-state index in [-0.39, 0.29) is 22.7 Å². The topological polar surface area (TPSA) is 127 Å². The summed E-state index contributed by atoms with van der Waals surface area (Å²) in [7, 11) is 4.04. The van der Waals surface area contributed by atoms with Crippen LogP contribution in [0.5, 0.6) is 5.75 Å². The molecule has 1 atom stereocenters. The minimum Gasteiger partial charge on any atom is -0.497 e. The highest BCUT2D eigenvalue weighted by molar-refractivity contribution is 6.07. The van der Waals surface area contributed by atoms with Gasteiger partial charge in [-0.2, -0.15) is 5.26 Å². The van der Waals surface area contributed by atoms with Crippen LogP contribution in [0.1, 0.15) is 17.0 Å². The van der Waals surface area contributed by atoms with Crippen molar-refractivity contribution >= 4 is 23.3 Å². The van der Waals surface area contributed by atoms with Gasteiger partial charge in [-0.15, -0.1) is 0 Å². The number of carbonyl (C=O) groups is 2. The molecule has 1 unspecified atom stereocenters. The molecule has 39 heavy (non-hydrogen) atoms. The number of hydrogen-bond donors (Lipinski definition) is 2. The number of hydrogen-bond acceptors (Lipinski definition) is 9. The third kappa shape index (κ3) is 5.26. The Labute approximate surface area is 226 Å². The van der Waals surface area contributed by atoms with E-state index in [4.69, 9.17) is 19.9 Å². The molecule has 1 heterocycles. The largest absolute Gasteiger partial charge is 0.497 e. The molecule has 0 saturated carbocycles. The average molecular weight is 525 g/mol. The summed E-state index contributed by atoms with van der Waals surface area (Å²) in [6.45, 7) is 0.442. The number of nitrogens with one attached hydrogen (secondary N) is 1. The summed E-state index contributed by atoms with van der Waals surface area (Å²) in [6.07, 6.45) is 0. The first-order valence-electron chi connectivity index (χ1n) is 12.1. The Morgan fingerprint density at radius 3 is 2.18 bits per heavy atom. The lowest BCUT2D eigenvalue weighted by atomic mass is 9.81. The fourth-order valence-electron chi connectivity index (χ4n) is 4.52. The first kappa shape index (κ1) is 26.8. The van der Waals surface area contributed by atoms with E-state index in [1.807, 2.05) is 42.5 Å². The normalized spacial score (nSPS) is 14.9. The number of methoxy groups -OCH3 is 3. The summed E-state index contributed by atoms with van der Waals surface area (Å²) in [5, 5.41) is 13.6. The number of allylic oxidation sites excluding steroid dienone is 1. The molecule has 198 valence electrons. The molecule has 3 aromatic rings. The number of para-hydroxylation sites is 2. The van der Waals surface area contributed by atoms with E-state index >= 15 is 0 Å². The maximum atomic E-state index is 13.3. The molecule has 0 spiro atoms. The van der Waals surface area contributed by atoms with Gasteiger partial charge in [0.25, 0.3) is 0 Å². The fraction of sp³-hybridized carbons (Fsp3) is 0.167. The predicted octanol–water partition coefficient (Wildman–Crippen LogP) is 4.21. The smallest absolute Gasteiger partial charge is 0.355 e. The minimum atomic E-state index is -0.937. The molecule has 1 aliphatic heterocycles. The molecule has 3 N–H and O–H groups in total. The van der Waals surface area contributed by atoms with E-state index in [1.165, 1.54) is 19.1 Å². The van der Waals surface area contributed by atoms with Crippen LogP contribution in [0.4, 0.5) is 11.4 Å². The average Bonchev–Trinajstić information content (AvgIpc) is 2.99. The molecule has 4 rings (SSSR count). The number of rotatable bonds is 8. The number of nitrogens with zero attached hydrogens (tertiary/aromatic N) is 2. The van der Waals surface area contributed by atoms with Crippen molar-refractivity contribution in [2.24, 2.45) is 5.73 Å². The highest BCUT2D eigenvalue weighted by Crippen LogP contribution is 2.44. The van der Waals surface area contributed by atoms with Gasteiger partial charge in [-0.25, -0.2) is 9.59 Å². The lowest BCUT2D eigenvalue weighted by Crippen LogP contribution is -2.41. The second-order valence-electron chi connectivity index (χ2n) is 8.55. The summed E-state index contributed by atoms with van der Waals surface area (Å²) >= 11 is 0. The number of carbonyl (C=O) groups excluding carboxylic acids is 2. The van der Waals surface area contributed by atoms with E-state index in [9.17, 15) is 14.9 Å². The second-order valence-corrected chi connectivity index (χ2v) is 8.55. The van der Waals surface area contributed by atoms with Gasteiger partial charge in [-0.3, -0.25) is 4.90 Å². The Kier molecular flexibility index (Phi) is 8.17. The predicted molar refractivity (Wildman–Crippen MR) is 146 cm³/mol. The molecular weight excluding hydrogens is 496 g/mol. The Morgan fingerprint density at radius 2 is 1.56 bits per heavy atom. The standard InChI is InChI=1S/C30H28N4O5/c1-37-21-15-13-19(14-16-21)18-33-23-11-7-8-12-24(23)34-27(30(36)39-3)26(29(35)38-2)25(22(17-31)28(34)32)20-9-5-4-6-10-20/h4-16,25,33H,18,32H2,1-3H3. The van der Waals surface area contributed by atoms with E-state index < -0.39 is 17.9 Å². The summed E-state index contributed by atoms with van der Waals surface area (Å²) in [6, 6.07) is 25.8. The summed E-state index contributed by atoms with van der Waals surface area (Å²) < 4.78 is 15.5. The molecule has 0 bridgehead atoms. The van der Waals surface area contributed by atoms with Gasteiger partial charge in [0.2, 0.25) is 0 Å². The molecule has 0 saturated heterocycles. The molecule has 0 fully saturated rings. The monoisotopic (exact) mass is 524 g/mol. The first-order valence-corrected chi connectivity index (χ1v) is 12.1. The van der Waals surface area contributed by atoms with E-state index in [2.05, 4.69) is 11.4 Å². The Balaban J connectivity index is 1.89. The maximum absolute atomic E-state index is 13.3. The van der Waals surface area contributed by atoms with E-state index in [0.717, 1.165) is 11.3 Å². The number of ether oxygens (including phenoxy) is 3. The molecule has 0 aromatic heterocycles. The molecule has 0 radical (unpaired) electrons. The second kappa shape index (κ2) is 11.9. The lowest BCUT2D eigenvalue weighted by molar-refractivity contribution is -0.139. The Morgan fingerprint density at radius 1 is 0.923 bits per heavy atom. The van der Waals surface area contributed by atoms with Crippen LogP contribution in [0.2, 0.25) is 0 Å². The van der Waals surface area contributed by atoms with Crippen molar-refractivity contribution in [2.45, 2.75) is 12.5 Å². The van der Waals surface area contributed by atoms with Gasteiger partial charge in [0.1, 0.15) is 17.3 Å². The van der Waals surface area contributed by atoms with Crippen LogP contribution in [0, 0.1) is 11.3 Å². The van der Waals surface area contributed by atoms with Crippen LogP contribution >= 0.6 is 0 Å². The van der Waals surface area contributed by atoms with Crippen LogP contribution in [0.25, 0.3) is 0 Å². The Bertz CT molecular complexity index is 1470. The molecule has 9 heteroatoms. The maximum Gasteiger partial charge on any atom is 0.355 e. The summed E-state index contributed by atoms with van der Waals surface area (Å²) in [4.78, 5) is 28.0. The Hall–Kier alpha value is -5.23. The van der Waals surface area contributed by atoms with Gasteiger partial charge in [-0.05, 0) is 35.4 Å². The third-order valence-corrected chi connectivity index (χ3v) is 6.40. The van der Waals surface area contributed by atoms with E-state index in [0.29, 0.717) is 23.5 Å². The third-order valence-electron chi connectivity index (χ3n) is 6.40. The first-order chi connectivity index (χ1) is 18.9. The van der Waals surface area contributed by atoms with Crippen molar-refractivity contribution < 1.29 is 23.8 Å². The van der Waals surface area contributed by atoms with Crippen molar-refractivity contribution in [2.75, 3.05) is 31.5 Å². The van der Waals surface area contributed by atoms with Crippen LogP contribution in [-0.4, -0.2) is 33.3 Å². The molecule has 1 aliphatic rings. The van der Waals surface area contributed by atoms with Crippen molar-refractivity contribution in [3.05, 3.63) is 113 Å². The van der Waals surface area contributed by atoms with Crippen molar-refractivity contribution in [1.29, 1.82) is 5.26 Å². The molecule has 0 amide bonds. The van der Waals surface area contributed by atoms with Crippen molar-refractivity contribution in [3.63, 3.8) is 0 Å². The lowest BCUT2D eigenvalue weighted by Gasteiger charge is -2.36. The van der Waals surface area contributed by atoms with Crippen LogP contribution in [0.3, 0.4) is 0 Å². The van der Waals surface area contributed by atoms with Crippen molar-refractivity contribution in [1.82, 2.24) is 0 Å². The fourth-order valence-corrected chi connectivity index (χ4v) is 4.52. The number of esters is 2. The van der Waals surface area contributed by atoms with Gasteiger partial charge in [0.05, 0.1) is 55.8 Å². The number of benzene rings is 3. The quantitative estimate of drug-likeness (QED) is 0.417. The number of nitriles is 1. The highest BCUT2D eigenvalue weighted by atomic mass is 16.5. The molecule has 3 aromatic carbocycles. The van der Waals surface area contributed by atoms with Gasteiger partial charge in [0, 0.05) is 6.54 Å². The highest BCUT2D eigenvalue weighted by Gasteiger charge is 2.43. The van der Waals surface area contributed by atoms with Crippen molar-refractivity contribution in [3.8, 4) is 11.8 Å². The van der Waals surface area contributed by atoms with Crippen LogP contribution in [0.15, 0.2) is 102 Å². The zero-order valence-corrected chi connectivity index (χ0v) is 21.8. The minimum absolute atomic E-state index is 0.00176. The van der Waals surface area contributed by atoms with Crippen LogP contribution < -0.4 is 20.7 Å². The SMILES string of the molecule is COC(=O)C1=C(C(=O)OC)N(c2ccccc2NCc2ccc(OC)cc2)C(N)=C(C#N)C1c1ccccc1. The molecule has 0 aliphatic carbocycles. The van der Waals surface area contributed by atoms with Gasteiger partial charge < -0.3 is 25.3 Å². The zero-order chi connectivity index (χ0) is 27.9. The van der Waals surface area contributed by atoms with Crippen LogP contribution in [-0.2, 0) is 25.6 Å².